The number of amides is 1. The Labute approximate surface area is 210 Å². The van der Waals surface area contributed by atoms with Gasteiger partial charge in [-0.3, -0.25) is 9.63 Å². The summed E-state index contributed by atoms with van der Waals surface area (Å²) in [7, 11) is -0.0389. The maximum atomic E-state index is 13.5. The van der Waals surface area contributed by atoms with Gasteiger partial charge in [-0.15, -0.1) is 11.8 Å². The minimum Gasteiger partial charge on any atom is -0.384 e. The van der Waals surface area contributed by atoms with Crippen molar-refractivity contribution in [3.63, 3.8) is 0 Å². The van der Waals surface area contributed by atoms with Gasteiger partial charge in [0.05, 0.1) is 13.7 Å². The number of likely N-dealkylation sites (N-methyl/N-ethyl adjacent to an activating group) is 1. The van der Waals surface area contributed by atoms with Crippen molar-refractivity contribution in [1.29, 1.82) is 0 Å². The molecule has 2 aliphatic rings. The lowest BCUT2D eigenvalue weighted by atomic mass is 10.1. The lowest BCUT2D eigenvalue weighted by molar-refractivity contribution is -0.172. The van der Waals surface area contributed by atoms with Crippen LogP contribution in [-0.4, -0.2) is 62.5 Å². The molecule has 0 bridgehead atoms. The fourth-order valence-electron chi connectivity index (χ4n) is 4.46. The third kappa shape index (κ3) is 4.79. The highest BCUT2D eigenvalue weighted by molar-refractivity contribution is 8.18. The lowest BCUT2D eigenvalue weighted by Crippen LogP contribution is -2.53. The topological polar surface area (TPSA) is 111 Å². The summed E-state index contributed by atoms with van der Waals surface area (Å²) in [4.78, 5) is 18.8. The Morgan fingerprint density at radius 1 is 1.31 bits per heavy atom. The number of thioether (sulfide) groups is 1. The number of carbonyl (C=O) groups is 1. The van der Waals surface area contributed by atoms with E-state index in [9.17, 15) is 26.4 Å². The molecule has 4 unspecified atom stereocenters. The van der Waals surface area contributed by atoms with Crippen LogP contribution in [0.1, 0.15) is 29.4 Å². The van der Waals surface area contributed by atoms with E-state index >= 15 is 0 Å². The summed E-state index contributed by atoms with van der Waals surface area (Å²) in [5.41, 5.74) is -0.928. The first-order chi connectivity index (χ1) is 17.0. The Morgan fingerprint density at radius 3 is 2.58 bits per heavy atom. The number of rotatable bonds is 9. The molecule has 2 aromatic rings. The molecule has 4 atom stereocenters. The summed E-state index contributed by atoms with van der Waals surface area (Å²) in [6, 6.07) is 9.71. The van der Waals surface area contributed by atoms with Crippen molar-refractivity contribution in [2.24, 2.45) is 5.92 Å². The molecule has 0 spiro atoms. The van der Waals surface area contributed by atoms with E-state index in [1.165, 1.54) is 27.3 Å². The number of hydrogen-bond donors (Lipinski definition) is 1. The quantitative estimate of drug-likeness (QED) is 0.477. The normalized spacial score (nSPS) is 26.1. The van der Waals surface area contributed by atoms with Crippen LogP contribution < -0.4 is 4.72 Å². The predicted octanol–water partition coefficient (Wildman–Crippen LogP) is 3.24. The molecule has 196 valence electrons. The van der Waals surface area contributed by atoms with E-state index in [1.54, 1.807) is 24.3 Å². The second kappa shape index (κ2) is 9.82. The van der Waals surface area contributed by atoms with Gasteiger partial charge in [-0.2, -0.15) is 17.9 Å². The average Bonchev–Trinajstić information content (AvgIpc) is 3.26. The van der Waals surface area contributed by atoms with E-state index in [-0.39, 0.29) is 23.6 Å². The van der Waals surface area contributed by atoms with Crippen LogP contribution in [0.3, 0.4) is 0 Å². The zero-order valence-corrected chi connectivity index (χ0v) is 21.1. The minimum atomic E-state index is -4.71. The van der Waals surface area contributed by atoms with Gasteiger partial charge in [-0.05, 0) is 12.0 Å². The number of nitrogens with zero attached hydrogens (tertiary/aromatic N) is 2. The molecule has 14 heteroatoms. The average molecular weight is 548 g/mol. The minimum absolute atomic E-state index is 0.00111. The van der Waals surface area contributed by atoms with E-state index < -0.39 is 49.8 Å². The third-order valence-corrected chi connectivity index (χ3v) is 9.88. The van der Waals surface area contributed by atoms with E-state index in [0.29, 0.717) is 0 Å². The molecule has 1 aliphatic carbocycles. The molecule has 1 aromatic carbocycles. The van der Waals surface area contributed by atoms with Gasteiger partial charge in [-0.25, -0.2) is 13.5 Å². The van der Waals surface area contributed by atoms with Gasteiger partial charge in [0, 0.05) is 37.0 Å². The number of hydrogen-bond acceptors (Lipinski definition) is 8. The number of halogens is 3. The molecule has 1 fully saturated rings. The molecule has 4 rings (SSSR count). The maximum Gasteiger partial charge on any atom is 0.452 e. The fourth-order valence-corrected chi connectivity index (χ4v) is 7.63. The highest BCUT2D eigenvalue weighted by Crippen LogP contribution is 2.59. The van der Waals surface area contributed by atoms with E-state index in [4.69, 9.17) is 9.57 Å². The Hall–Kier alpha value is -2.39. The van der Waals surface area contributed by atoms with E-state index in [2.05, 4.69) is 14.4 Å². The number of methoxy groups -OCH3 is 1. The molecule has 36 heavy (non-hydrogen) atoms. The van der Waals surface area contributed by atoms with Crippen LogP contribution in [0.4, 0.5) is 13.2 Å². The van der Waals surface area contributed by atoms with Crippen LogP contribution in [-0.2, 0) is 30.6 Å². The van der Waals surface area contributed by atoms with Crippen molar-refractivity contribution in [3.8, 4) is 0 Å². The monoisotopic (exact) mass is 547 g/mol. The van der Waals surface area contributed by atoms with Gasteiger partial charge in [0.25, 0.3) is 5.91 Å². The largest absolute Gasteiger partial charge is 0.452 e. The number of aromatic nitrogens is 1. The number of benzene rings is 1. The van der Waals surface area contributed by atoms with Crippen molar-refractivity contribution in [2.75, 3.05) is 27.9 Å². The number of hydroxylamine groups is 2. The summed E-state index contributed by atoms with van der Waals surface area (Å²) < 4.78 is 76.9. The molecule has 0 radical (unpaired) electrons. The van der Waals surface area contributed by atoms with Crippen LogP contribution in [0.5, 0.6) is 0 Å². The molecule has 1 aromatic heterocycles. The summed E-state index contributed by atoms with van der Waals surface area (Å²) >= 11 is 0.834. The number of nitrogens with one attached hydrogen (secondary N) is 1. The Bertz CT molecular complexity index is 1250. The Balaban J connectivity index is 1.61. The number of carbonyl (C=O) groups excluding carboxylic acids is 1. The maximum absolute atomic E-state index is 13.5. The standard InChI is InChI=1S/C22H24F3N3O6S2/c1-28(33-3)20(29)21(14(12-32-2)19(21)13-7-5-4-6-8-13)27-36(30,31)18-10-9-16(35-18)15-11-17(34-26-15)22(23,24)25/h4-9,11,14,18-19,27H,10,12H2,1-3H3. The van der Waals surface area contributed by atoms with Crippen molar-refractivity contribution in [1.82, 2.24) is 14.9 Å². The van der Waals surface area contributed by atoms with Gasteiger partial charge in [-0.1, -0.05) is 41.6 Å². The number of allylic oxidation sites excluding steroid dienone is 1. The van der Waals surface area contributed by atoms with Crippen molar-refractivity contribution in [2.45, 2.75) is 28.6 Å². The summed E-state index contributed by atoms with van der Waals surface area (Å²) in [5, 5.41) is 4.39. The Morgan fingerprint density at radius 2 is 2.00 bits per heavy atom. The van der Waals surface area contributed by atoms with Crippen LogP contribution in [0.25, 0.3) is 4.91 Å². The summed E-state index contributed by atoms with van der Waals surface area (Å²) in [6.45, 7) is 0.103. The van der Waals surface area contributed by atoms with Gasteiger partial charge in [0.1, 0.15) is 15.8 Å². The summed E-state index contributed by atoms with van der Waals surface area (Å²) in [6.07, 6.45) is -3.23. The molecular weight excluding hydrogens is 523 g/mol. The van der Waals surface area contributed by atoms with Crippen molar-refractivity contribution < 1.29 is 40.5 Å². The van der Waals surface area contributed by atoms with Crippen molar-refractivity contribution in [3.05, 3.63) is 59.5 Å². The van der Waals surface area contributed by atoms with Crippen LogP contribution >= 0.6 is 11.8 Å². The molecular formula is C22H24F3N3O6S2. The molecule has 2 heterocycles. The highest BCUT2D eigenvalue weighted by Gasteiger charge is 2.72. The molecule has 1 aliphatic heterocycles. The number of alkyl halides is 3. The van der Waals surface area contributed by atoms with E-state index in [1.807, 2.05) is 6.07 Å². The van der Waals surface area contributed by atoms with E-state index in [0.717, 1.165) is 28.5 Å². The zero-order chi connectivity index (χ0) is 26.3. The van der Waals surface area contributed by atoms with Gasteiger partial charge in [0.2, 0.25) is 15.8 Å². The third-order valence-electron chi connectivity index (χ3n) is 6.24. The molecule has 1 N–H and O–H groups in total. The summed E-state index contributed by atoms with van der Waals surface area (Å²) in [5.74, 6) is -2.91. The van der Waals surface area contributed by atoms with Crippen LogP contribution in [0.15, 0.2) is 47.0 Å². The van der Waals surface area contributed by atoms with Gasteiger partial charge < -0.3 is 9.26 Å². The SMILES string of the molecule is COCC1C(c2ccccc2)C1(NS(=O)(=O)C1CC=C(c2cc(C(F)(F)F)on2)S1)C(=O)N(C)OC. The Kier molecular flexibility index (Phi) is 7.27. The second-order valence-electron chi connectivity index (χ2n) is 8.38. The van der Waals surface area contributed by atoms with Crippen molar-refractivity contribution >= 4 is 32.6 Å². The highest BCUT2D eigenvalue weighted by atomic mass is 32.3. The second-order valence-corrected chi connectivity index (χ2v) is 11.8. The zero-order valence-electron chi connectivity index (χ0n) is 19.5. The first-order valence-electron chi connectivity index (χ1n) is 10.8. The number of ether oxygens (including phenoxy) is 1. The first kappa shape index (κ1) is 26.7. The molecule has 1 amide bonds. The predicted molar refractivity (Wildman–Crippen MR) is 125 cm³/mol. The van der Waals surface area contributed by atoms with Crippen LogP contribution in [0, 0.1) is 5.92 Å². The molecule has 9 nitrogen and oxygen atoms in total. The lowest BCUT2D eigenvalue weighted by Gasteiger charge is -2.26. The van der Waals surface area contributed by atoms with Crippen LogP contribution in [0.2, 0.25) is 0 Å². The van der Waals surface area contributed by atoms with Gasteiger partial charge >= 0.3 is 6.18 Å². The number of sulfonamides is 1. The first-order valence-corrected chi connectivity index (χ1v) is 13.2. The van der Waals surface area contributed by atoms with Gasteiger partial charge in [0.15, 0.2) is 0 Å². The molecule has 1 saturated carbocycles. The fraction of sp³-hybridized carbons (Fsp3) is 0.455. The molecule has 0 saturated heterocycles. The smallest absolute Gasteiger partial charge is 0.384 e.